The van der Waals surface area contributed by atoms with Crippen LogP contribution >= 0.6 is 11.9 Å². The Morgan fingerprint density at radius 3 is 3.24 bits per heavy atom. The van der Waals surface area contributed by atoms with Crippen molar-refractivity contribution < 1.29 is 0 Å². The topological polar surface area (TPSA) is 70.3 Å². The molecule has 3 heterocycles. The van der Waals surface area contributed by atoms with Crippen molar-refractivity contribution in [3.05, 3.63) is 11.9 Å². The van der Waals surface area contributed by atoms with Crippen LogP contribution in [0.5, 0.6) is 0 Å². The van der Waals surface area contributed by atoms with Crippen LogP contribution in [0.2, 0.25) is 0 Å². The van der Waals surface area contributed by atoms with Gasteiger partial charge in [0.2, 0.25) is 0 Å². The number of rotatable bonds is 1. The van der Waals surface area contributed by atoms with Gasteiger partial charge in [-0.15, -0.1) is 0 Å². The molecule has 0 spiro atoms. The molecule has 0 saturated carbocycles. The van der Waals surface area contributed by atoms with Gasteiger partial charge < -0.3 is 10.2 Å². The van der Waals surface area contributed by atoms with Gasteiger partial charge in [0, 0.05) is 31.2 Å². The molecule has 2 aliphatic heterocycles. The number of hydrazine groups is 1. The van der Waals surface area contributed by atoms with E-state index in [1.807, 2.05) is 0 Å². The summed E-state index contributed by atoms with van der Waals surface area (Å²) in [6.45, 7) is 5.91. The minimum atomic E-state index is 0.458. The largest absolute Gasteiger partial charge is 0.351 e. The lowest BCUT2D eigenvalue weighted by Gasteiger charge is -2.35. The van der Waals surface area contributed by atoms with Gasteiger partial charge in [0.15, 0.2) is 0 Å². The van der Waals surface area contributed by atoms with E-state index < -0.39 is 0 Å². The zero-order valence-corrected chi connectivity index (χ0v) is 10.6. The second-order valence-corrected chi connectivity index (χ2v) is 5.43. The Morgan fingerprint density at radius 1 is 1.53 bits per heavy atom. The Labute approximate surface area is 105 Å². The van der Waals surface area contributed by atoms with Crippen LogP contribution in [0.1, 0.15) is 12.5 Å². The van der Waals surface area contributed by atoms with Crippen LogP contribution in [-0.2, 0) is 6.54 Å². The third-order valence-corrected chi connectivity index (χ3v) is 4.06. The lowest BCUT2D eigenvalue weighted by Crippen LogP contribution is -2.50. The summed E-state index contributed by atoms with van der Waals surface area (Å²) in [5, 5.41) is 4.37. The number of hydrogen-bond donors (Lipinski definition) is 2. The molecular formula is C10H16N6S. The minimum absolute atomic E-state index is 0.458. The van der Waals surface area contributed by atoms with Gasteiger partial charge >= 0.3 is 0 Å². The number of aromatic nitrogens is 2. The van der Waals surface area contributed by atoms with Gasteiger partial charge in [-0.05, 0) is 18.9 Å². The maximum atomic E-state index is 5.82. The summed E-state index contributed by atoms with van der Waals surface area (Å²) in [5.74, 6) is 6.86. The molecule has 92 valence electrons. The van der Waals surface area contributed by atoms with Crippen molar-refractivity contribution in [2.75, 3.05) is 24.5 Å². The van der Waals surface area contributed by atoms with E-state index in [0.717, 1.165) is 36.0 Å². The highest BCUT2D eigenvalue weighted by atomic mass is 32.2. The fraction of sp³-hybridized carbons (Fsp3) is 0.600. The predicted octanol–water partition coefficient (Wildman–Crippen LogP) is -0.0289. The summed E-state index contributed by atoms with van der Waals surface area (Å²) < 4.78 is 1.70. The molecule has 0 aliphatic carbocycles. The van der Waals surface area contributed by atoms with Crippen LogP contribution in [0.3, 0.4) is 0 Å². The zero-order chi connectivity index (χ0) is 11.8. The van der Waals surface area contributed by atoms with Gasteiger partial charge in [-0.3, -0.25) is 5.84 Å². The van der Waals surface area contributed by atoms with Crippen LogP contribution < -0.4 is 16.1 Å². The highest BCUT2D eigenvalue weighted by molar-refractivity contribution is 7.97. The molecule has 6 nitrogen and oxygen atoms in total. The second-order valence-electron chi connectivity index (χ2n) is 4.39. The average Bonchev–Trinajstić information content (AvgIpc) is 2.70. The van der Waals surface area contributed by atoms with Crippen LogP contribution in [-0.4, -0.2) is 40.1 Å². The lowest BCUT2D eigenvalue weighted by atomic mass is 10.2. The number of anilines is 1. The quantitative estimate of drug-likeness (QED) is 0.413. The Hall–Kier alpha value is -0.890. The van der Waals surface area contributed by atoms with Crippen LogP contribution in [0.15, 0.2) is 11.4 Å². The standard InChI is InChI=1S/C10H16N6S/c1-7-4-12-2-3-15(7)9-8-5-16(11)17-10(8)14-6-13-9/h6-7,12H,2-5,11H2,1H3. The third kappa shape index (κ3) is 1.99. The van der Waals surface area contributed by atoms with Gasteiger partial charge in [-0.25, -0.2) is 9.97 Å². The average molecular weight is 252 g/mol. The van der Waals surface area contributed by atoms with Crippen LogP contribution in [0.25, 0.3) is 0 Å². The number of piperazine rings is 1. The number of nitrogens with one attached hydrogen (secondary N) is 1. The number of fused-ring (bicyclic) bond motifs is 1. The molecule has 0 aromatic carbocycles. The zero-order valence-electron chi connectivity index (χ0n) is 9.76. The molecule has 1 aromatic heterocycles. The predicted molar refractivity (Wildman–Crippen MR) is 67.3 cm³/mol. The molecule has 3 N–H and O–H groups in total. The highest BCUT2D eigenvalue weighted by Gasteiger charge is 2.28. The highest BCUT2D eigenvalue weighted by Crippen LogP contribution is 2.36. The Balaban J connectivity index is 1.95. The van der Waals surface area contributed by atoms with Crippen molar-refractivity contribution in [1.29, 1.82) is 0 Å². The van der Waals surface area contributed by atoms with Gasteiger partial charge in [-0.2, -0.15) is 4.41 Å². The lowest BCUT2D eigenvalue weighted by molar-refractivity contribution is 0.483. The van der Waals surface area contributed by atoms with E-state index >= 15 is 0 Å². The molecule has 0 amide bonds. The van der Waals surface area contributed by atoms with Crippen molar-refractivity contribution in [1.82, 2.24) is 19.7 Å². The Kier molecular flexibility index (Phi) is 2.91. The SMILES string of the molecule is CC1CNCCN1c1ncnc2c1CN(N)S2. The summed E-state index contributed by atoms with van der Waals surface area (Å²) in [7, 11) is 0. The fourth-order valence-electron chi connectivity index (χ4n) is 2.31. The van der Waals surface area contributed by atoms with Crippen molar-refractivity contribution in [2.45, 2.75) is 24.5 Å². The molecule has 1 fully saturated rings. The van der Waals surface area contributed by atoms with Gasteiger partial charge in [0.25, 0.3) is 0 Å². The van der Waals surface area contributed by atoms with Gasteiger partial charge in [-0.1, -0.05) is 0 Å². The van der Waals surface area contributed by atoms with Gasteiger partial charge in [0.1, 0.15) is 17.2 Å². The van der Waals surface area contributed by atoms with Crippen LogP contribution in [0, 0.1) is 0 Å². The maximum absolute atomic E-state index is 5.82. The number of nitrogens with zero attached hydrogens (tertiary/aromatic N) is 4. The maximum Gasteiger partial charge on any atom is 0.138 e. The molecule has 0 bridgehead atoms. The second kappa shape index (κ2) is 4.41. The molecule has 17 heavy (non-hydrogen) atoms. The van der Waals surface area contributed by atoms with E-state index in [4.69, 9.17) is 5.84 Å². The molecule has 2 aliphatic rings. The van der Waals surface area contributed by atoms with E-state index in [-0.39, 0.29) is 0 Å². The van der Waals surface area contributed by atoms with E-state index in [1.165, 1.54) is 11.9 Å². The van der Waals surface area contributed by atoms with E-state index in [9.17, 15) is 0 Å². The first-order valence-electron chi connectivity index (χ1n) is 5.77. The normalized spacial score (nSPS) is 25.1. The first-order valence-corrected chi connectivity index (χ1v) is 6.54. The summed E-state index contributed by atoms with van der Waals surface area (Å²) in [6.07, 6.45) is 1.63. The molecule has 1 saturated heterocycles. The molecule has 0 radical (unpaired) electrons. The molecular weight excluding hydrogens is 236 g/mol. The molecule has 1 unspecified atom stereocenters. The smallest absolute Gasteiger partial charge is 0.138 e. The Bertz CT molecular complexity index is 425. The summed E-state index contributed by atoms with van der Waals surface area (Å²) in [4.78, 5) is 11.1. The van der Waals surface area contributed by atoms with Gasteiger partial charge in [0.05, 0.1) is 6.54 Å². The molecule has 3 rings (SSSR count). The van der Waals surface area contributed by atoms with E-state index in [0.29, 0.717) is 12.6 Å². The van der Waals surface area contributed by atoms with Crippen molar-refractivity contribution in [3.8, 4) is 0 Å². The first kappa shape index (κ1) is 11.2. The first-order chi connectivity index (χ1) is 8.25. The molecule has 1 aromatic rings. The monoisotopic (exact) mass is 252 g/mol. The summed E-state index contributed by atoms with van der Waals surface area (Å²) >= 11 is 1.49. The molecule has 7 heteroatoms. The van der Waals surface area contributed by atoms with Crippen molar-refractivity contribution in [2.24, 2.45) is 5.84 Å². The number of hydrogen-bond acceptors (Lipinski definition) is 7. The summed E-state index contributed by atoms with van der Waals surface area (Å²) in [5.41, 5.74) is 1.16. The summed E-state index contributed by atoms with van der Waals surface area (Å²) in [6, 6.07) is 0.458. The Morgan fingerprint density at radius 2 is 2.41 bits per heavy atom. The molecule has 1 atom stereocenters. The fourth-order valence-corrected chi connectivity index (χ4v) is 3.08. The van der Waals surface area contributed by atoms with Crippen molar-refractivity contribution >= 4 is 17.8 Å². The van der Waals surface area contributed by atoms with E-state index in [1.54, 1.807) is 10.7 Å². The van der Waals surface area contributed by atoms with Crippen LogP contribution in [0.4, 0.5) is 5.82 Å². The number of nitrogens with two attached hydrogens (primary N) is 1. The third-order valence-electron chi connectivity index (χ3n) is 3.17. The van der Waals surface area contributed by atoms with Crippen molar-refractivity contribution in [3.63, 3.8) is 0 Å². The van der Waals surface area contributed by atoms with E-state index in [2.05, 4.69) is 27.1 Å². The minimum Gasteiger partial charge on any atom is -0.351 e.